The molecule has 0 fully saturated rings. The van der Waals surface area contributed by atoms with Crippen molar-refractivity contribution in [3.05, 3.63) is 0 Å². The molecule has 0 saturated heterocycles. The largest absolute Gasteiger partial charge is 0.465 e. The van der Waals surface area contributed by atoms with Gasteiger partial charge in [0.25, 0.3) is 0 Å². The number of carbonyl (C=O) groups is 1. The smallest absolute Gasteiger partial charge is 0.404 e. The Hall–Kier alpha value is -0.770. The average Bonchev–Trinajstić information content (AvgIpc) is 1.97. The molecule has 1 unspecified atom stereocenters. The third-order valence-electron chi connectivity index (χ3n) is 1.52. The second kappa shape index (κ2) is 5.97. The molecule has 0 radical (unpaired) electrons. The van der Waals surface area contributed by atoms with Crippen LogP contribution in [0.4, 0.5) is 4.79 Å². The van der Waals surface area contributed by atoms with Gasteiger partial charge in [0.05, 0.1) is 0 Å². The van der Waals surface area contributed by atoms with Gasteiger partial charge in [0.15, 0.2) is 0 Å². The number of nitrogens with two attached hydrogens (primary N) is 1. The van der Waals surface area contributed by atoms with Gasteiger partial charge in [-0.05, 0) is 6.42 Å². The Morgan fingerprint density at radius 2 is 2.36 bits per heavy atom. The number of rotatable bonds is 5. The first kappa shape index (κ1) is 10.2. The van der Waals surface area contributed by atoms with Gasteiger partial charge in [0.2, 0.25) is 0 Å². The summed E-state index contributed by atoms with van der Waals surface area (Å²) >= 11 is 0. The van der Waals surface area contributed by atoms with Gasteiger partial charge in [-0.3, -0.25) is 0 Å². The van der Waals surface area contributed by atoms with Crippen molar-refractivity contribution < 1.29 is 9.90 Å². The zero-order chi connectivity index (χ0) is 8.69. The summed E-state index contributed by atoms with van der Waals surface area (Å²) in [7, 11) is 0. The standard InChI is InChI=1S/C7H16N2O2/c1-2-3-4-6(5-8)9-7(10)11/h6,9H,2-5,8H2,1H3,(H,10,11). The highest BCUT2D eigenvalue weighted by atomic mass is 16.4. The predicted octanol–water partition coefficient (Wildman–Crippen LogP) is 0.772. The molecule has 0 aromatic rings. The van der Waals surface area contributed by atoms with Crippen LogP contribution in [-0.4, -0.2) is 23.8 Å². The summed E-state index contributed by atoms with van der Waals surface area (Å²) in [6.07, 6.45) is 1.93. The summed E-state index contributed by atoms with van der Waals surface area (Å²) in [6, 6.07) is -0.0764. The van der Waals surface area contributed by atoms with Crippen molar-refractivity contribution in [2.75, 3.05) is 6.54 Å². The van der Waals surface area contributed by atoms with E-state index < -0.39 is 6.09 Å². The van der Waals surface area contributed by atoms with E-state index in [4.69, 9.17) is 10.8 Å². The molecule has 11 heavy (non-hydrogen) atoms. The number of hydrogen-bond acceptors (Lipinski definition) is 2. The van der Waals surface area contributed by atoms with E-state index >= 15 is 0 Å². The molecule has 0 saturated carbocycles. The molecule has 66 valence electrons. The minimum absolute atomic E-state index is 0.0764. The van der Waals surface area contributed by atoms with Gasteiger partial charge in [-0.15, -0.1) is 0 Å². The Kier molecular flexibility index (Phi) is 5.56. The van der Waals surface area contributed by atoms with Crippen LogP contribution in [0.3, 0.4) is 0 Å². The molecule has 0 heterocycles. The van der Waals surface area contributed by atoms with E-state index in [-0.39, 0.29) is 6.04 Å². The molecular weight excluding hydrogens is 144 g/mol. The number of hydrogen-bond donors (Lipinski definition) is 3. The fraction of sp³-hybridized carbons (Fsp3) is 0.857. The number of carboxylic acid groups (broad SMARTS) is 1. The SMILES string of the molecule is CCCCC(CN)NC(=O)O. The van der Waals surface area contributed by atoms with Crippen LogP contribution >= 0.6 is 0 Å². The van der Waals surface area contributed by atoms with Crippen LogP contribution in [0.1, 0.15) is 26.2 Å². The maximum atomic E-state index is 10.2. The first-order valence-corrected chi connectivity index (χ1v) is 3.90. The van der Waals surface area contributed by atoms with Crippen molar-refractivity contribution in [2.24, 2.45) is 5.73 Å². The fourth-order valence-electron chi connectivity index (χ4n) is 0.874. The van der Waals surface area contributed by atoms with Crippen molar-refractivity contribution in [3.8, 4) is 0 Å². The maximum Gasteiger partial charge on any atom is 0.404 e. The average molecular weight is 160 g/mol. The molecule has 4 heteroatoms. The highest BCUT2D eigenvalue weighted by Gasteiger charge is 2.07. The molecule has 0 bridgehead atoms. The minimum atomic E-state index is -0.989. The molecule has 0 aliphatic carbocycles. The van der Waals surface area contributed by atoms with Crippen molar-refractivity contribution >= 4 is 6.09 Å². The van der Waals surface area contributed by atoms with E-state index in [0.29, 0.717) is 6.54 Å². The molecule has 1 amide bonds. The van der Waals surface area contributed by atoms with Gasteiger partial charge in [-0.2, -0.15) is 0 Å². The zero-order valence-corrected chi connectivity index (χ0v) is 6.84. The second-order valence-electron chi connectivity index (χ2n) is 2.52. The van der Waals surface area contributed by atoms with Crippen LogP contribution in [0.25, 0.3) is 0 Å². The van der Waals surface area contributed by atoms with Gasteiger partial charge in [0.1, 0.15) is 0 Å². The van der Waals surface area contributed by atoms with Gasteiger partial charge in [-0.25, -0.2) is 4.79 Å². The normalized spacial score (nSPS) is 12.5. The van der Waals surface area contributed by atoms with Crippen LogP contribution in [0, 0.1) is 0 Å². The Balaban J connectivity index is 3.49. The third kappa shape index (κ3) is 5.66. The molecule has 4 nitrogen and oxygen atoms in total. The third-order valence-corrected chi connectivity index (χ3v) is 1.52. The van der Waals surface area contributed by atoms with Gasteiger partial charge in [-0.1, -0.05) is 19.8 Å². The summed E-state index contributed by atoms with van der Waals surface area (Å²) < 4.78 is 0. The Morgan fingerprint density at radius 3 is 2.73 bits per heavy atom. The van der Waals surface area contributed by atoms with Crippen LogP contribution in [-0.2, 0) is 0 Å². The van der Waals surface area contributed by atoms with E-state index in [0.717, 1.165) is 19.3 Å². The summed E-state index contributed by atoms with van der Waals surface area (Å²) in [5, 5.41) is 10.7. The molecule has 4 N–H and O–H groups in total. The van der Waals surface area contributed by atoms with E-state index in [1.165, 1.54) is 0 Å². The van der Waals surface area contributed by atoms with Crippen LogP contribution in [0.2, 0.25) is 0 Å². The lowest BCUT2D eigenvalue weighted by Gasteiger charge is -2.13. The Morgan fingerprint density at radius 1 is 1.73 bits per heavy atom. The lowest BCUT2D eigenvalue weighted by Crippen LogP contribution is -2.39. The monoisotopic (exact) mass is 160 g/mol. The quantitative estimate of drug-likeness (QED) is 0.556. The lowest BCUT2D eigenvalue weighted by molar-refractivity contribution is 0.189. The number of nitrogens with one attached hydrogen (secondary N) is 1. The van der Waals surface area contributed by atoms with E-state index in [2.05, 4.69) is 12.2 Å². The Bertz CT molecular complexity index is 117. The van der Waals surface area contributed by atoms with E-state index in [1.807, 2.05) is 0 Å². The second-order valence-corrected chi connectivity index (χ2v) is 2.52. The zero-order valence-electron chi connectivity index (χ0n) is 6.84. The Labute approximate surface area is 66.8 Å². The number of unbranched alkanes of at least 4 members (excludes halogenated alkanes) is 1. The lowest BCUT2D eigenvalue weighted by atomic mass is 10.1. The fourth-order valence-corrected chi connectivity index (χ4v) is 0.874. The molecular formula is C7H16N2O2. The van der Waals surface area contributed by atoms with Gasteiger partial charge >= 0.3 is 6.09 Å². The topological polar surface area (TPSA) is 75.3 Å². The van der Waals surface area contributed by atoms with Crippen LogP contribution in [0.15, 0.2) is 0 Å². The molecule has 0 aliphatic heterocycles. The first-order chi connectivity index (χ1) is 5.20. The summed E-state index contributed by atoms with van der Waals surface area (Å²) in [4.78, 5) is 10.2. The molecule has 0 spiro atoms. The highest BCUT2D eigenvalue weighted by Crippen LogP contribution is 1.98. The number of amides is 1. The summed E-state index contributed by atoms with van der Waals surface area (Å²) in [5.74, 6) is 0. The molecule has 1 atom stereocenters. The van der Waals surface area contributed by atoms with Crippen molar-refractivity contribution in [1.29, 1.82) is 0 Å². The van der Waals surface area contributed by atoms with Gasteiger partial charge < -0.3 is 16.2 Å². The maximum absolute atomic E-state index is 10.2. The summed E-state index contributed by atoms with van der Waals surface area (Å²) in [6.45, 7) is 2.45. The molecule has 0 aromatic heterocycles. The summed E-state index contributed by atoms with van der Waals surface area (Å²) in [5.41, 5.74) is 5.34. The first-order valence-electron chi connectivity index (χ1n) is 3.90. The van der Waals surface area contributed by atoms with Gasteiger partial charge in [0, 0.05) is 12.6 Å². The predicted molar refractivity (Wildman–Crippen MR) is 43.5 cm³/mol. The minimum Gasteiger partial charge on any atom is -0.465 e. The van der Waals surface area contributed by atoms with E-state index in [1.54, 1.807) is 0 Å². The van der Waals surface area contributed by atoms with E-state index in [9.17, 15) is 4.79 Å². The van der Waals surface area contributed by atoms with Crippen molar-refractivity contribution in [1.82, 2.24) is 5.32 Å². The van der Waals surface area contributed by atoms with Crippen molar-refractivity contribution in [2.45, 2.75) is 32.2 Å². The molecule has 0 aliphatic rings. The molecule has 0 aromatic carbocycles. The molecule has 0 rings (SSSR count). The highest BCUT2D eigenvalue weighted by molar-refractivity contribution is 5.64. The van der Waals surface area contributed by atoms with Crippen LogP contribution in [0.5, 0.6) is 0 Å². The van der Waals surface area contributed by atoms with Crippen molar-refractivity contribution in [3.63, 3.8) is 0 Å². The van der Waals surface area contributed by atoms with Crippen LogP contribution < -0.4 is 11.1 Å².